The Hall–Kier alpha value is -1.26. The number of rotatable bonds is 7. The molecule has 1 unspecified atom stereocenters. The number of hydrogen-bond acceptors (Lipinski definition) is 3. The first-order valence-corrected chi connectivity index (χ1v) is 7.87. The van der Waals surface area contributed by atoms with Crippen LogP contribution in [-0.4, -0.2) is 30.2 Å². The highest BCUT2D eigenvalue weighted by molar-refractivity contribution is 5.85. The normalized spacial score (nSPS) is 13.2. The zero-order chi connectivity index (χ0) is 16.6. The number of carbonyl (C=O) groups is 2. The van der Waals surface area contributed by atoms with Gasteiger partial charge in [-0.25, -0.2) is 4.79 Å². The van der Waals surface area contributed by atoms with Gasteiger partial charge in [-0.15, -0.1) is 0 Å². The molecule has 0 aromatic heterocycles. The SMILES string of the molecule is CCC(CC)CNC(=O)C(NC(=O)OC(C)(C)C)C(C)C. The maximum Gasteiger partial charge on any atom is 0.408 e. The Morgan fingerprint density at radius 2 is 1.62 bits per heavy atom. The monoisotopic (exact) mass is 300 g/mol. The van der Waals surface area contributed by atoms with Gasteiger partial charge in [-0.2, -0.15) is 0 Å². The standard InChI is InChI=1S/C16H32N2O3/c1-8-12(9-2)10-17-14(19)13(11(3)4)18-15(20)21-16(5,6)7/h11-13H,8-10H2,1-7H3,(H,17,19)(H,18,20). The summed E-state index contributed by atoms with van der Waals surface area (Å²) in [6.45, 7) is 14.1. The van der Waals surface area contributed by atoms with Crippen molar-refractivity contribution in [3.8, 4) is 0 Å². The van der Waals surface area contributed by atoms with Gasteiger partial charge < -0.3 is 15.4 Å². The van der Waals surface area contributed by atoms with Crippen molar-refractivity contribution in [2.75, 3.05) is 6.54 Å². The highest BCUT2D eigenvalue weighted by atomic mass is 16.6. The van der Waals surface area contributed by atoms with Crippen LogP contribution in [-0.2, 0) is 9.53 Å². The van der Waals surface area contributed by atoms with Gasteiger partial charge in [0.05, 0.1) is 0 Å². The molecule has 0 bridgehead atoms. The van der Waals surface area contributed by atoms with E-state index in [0.29, 0.717) is 12.5 Å². The first-order chi connectivity index (χ1) is 9.60. The van der Waals surface area contributed by atoms with Crippen LogP contribution in [0.3, 0.4) is 0 Å². The molecule has 5 heteroatoms. The predicted molar refractivity (Wildman–Crippen MR) is 85.1 cm³/mol. The Bertz CT molecular complexity index is 331. The molecule has 0 aliphatic heterocycles. The van der Waals surface area contributed by atoms with E-state index in [0.717, 1.165) is 12.8 Å². The summed E-state index contributed by atoms with van der Waals surface area (Å²) in [6.07, 6.45) is 1.50. The summed E-state index contributed by atoms with van der Waals surface area (Å²) < 4.78 is 5.21. The van der Waals surface area contributed by atoms with Crippen molar-refractivity contribution in [1.29, 1.82) is 0 Å². The minimum atomic E-state index is -0.575. The van der Waals surface area contributed by atoms with Gasteiger partial charge >= 0.3 is 6.09 Å². The molecule has 0 rings (SSSR count). The summed E-state index contributed by atoms with van der Waals surface area (Å²) in [5.41, 5.74) is -0.572. The molecule has 0 aromatic carbocycles. The number of alkyl carbamates (subject to hydrolysis) is 1. The Labute approximate surface area is 129 Å². The number of amides is 2. The Morgan fingerprint density at radius 3 is 2.00 bits per heavy atom. The van der Waals surface area contributed by atoms with Crippen molar-refractivity contribution in [2.24, 2.45) is 11.8 Å². The number of ether oxygens (including phenoxy) is 1. The summed E-state index contributed by atoms with van der Waals surface area (Å²) in [4.78, 5) is 24.1. The molecule has 21 heavy (non-hydrogen) atoms. The van der Waals surface area contributed by atoms with Gasteiger partial charge in [-0.05, 0) is 32.6 Å². The first kappa shape index (κ1) is 19.7. The summed E-state index contributed by atoms with van der Waals surface area (Å²) >= 11 is 0. The van der Waals surface area contributed by atoms with Gasteiger partial charge in [-0.1, -0.05) is 40.5 Å². The molecular formula is C16H32N2O3. The molecule has 0 aliphatic rings. The third-order valence-electron chi connectivity index (χ3n) is 3.34. The second-order valence-corrected chi connectivity index (χ2v) is 6.80. The van der Waals surface area contributed by atoms with Crippen LogP contribution in [0.5, 0.6) is 0 Å². The van der Waals surface area contributed by atoms with Gasteiger partial charge in [-0.3, -0.25) is 4.79 Å². The summed E-state index contributed by atoms with van der Waals surface area (Å²) in [5.74, 6) is 0.324. The van der Waals surface area contributed by atoms with Gasteiger partial charge in [0, 0.05) is 6.54 Å². The lowest BCUT2D eigenvalue weighted by molar-refractivity contribution is -0.124. The molecule has 0 aliphatic carbocycles. The molecule has 0 heterocycles. The molecule has 2 amide bonds. The van der Waals surface area contributed by atoms with E-state index in [1.54, 1.807) is 20.8 Å². The van der Waals surface area contributed by atoms with E-state index in [2.05, 4.69) is 24.5 Å². The van der Waals surface area contributed by atoms with Gasteiger partial charge in [0.15, 0.2) is 0 Å². The number of hydrogen-bond donors (Lipinski definition) is 2. The van der Waals surface area contributed by atoms with Crippen molar-refractivity contribution in [3.05, 3.63) is 0 Å². The van der Waals surface area contributed by atoms with E-state index in [4.69, 9.17) is 4.74 Å². The third kappa shape index (κ3) is 8.58. The minimum absolute atomic E-state index is 0.000721. The molecule has 0 radical (unpaired) electrons. The van der Waals surface area contributed by atoms with Crippen LogP contribution in [0, 0.1) is 11.8 Å². The molecule has 5 nitrogen and oxygen atoms in total. The fourth-order valence-electron chi connectivity index (χ4n) is 1.90. The van der Waals surface area contributed by atoms with Crippen molar-refractivity contribution >= 4 is 12.0 Å². The second-order valence-electron chi connectivity index (χ2n) is 6.80. The lowest BCUT2D eigenvalue weighted by atomic mass is 10.0. The third-order valence-corrected chi connectivity index (χ3v) is 3.34. The van der Waals surface area contributed by atoms with Crippen molar-refractivity contribution < 1.29 is 14.3 Å². The zero-order valence-electron chi connectivity index (χ0n) is 14.6. The molecule has 0 fully saturated rings. The fraction of sp³-hybridized carbons (Fsp3) is 0.875. The van der Waals surface area contributed by atoms with E-state index in [1.807, 2.05) is 13.8 Å². The molecule has 0 saturated carbocycles. The number of carbonyl (C=O) groups excluding carboxylic acids is 2. The van der Waals surface area contributed by atoms with Crippen LogP contribution in [0.2, 0.25) is 0 Å². The minimum Gasteiger partial charge on any atom is -0.444 e. The maximum absolute atomic E-state index is 12.2. The summed E-state index contributed by atoms with van der Waals surface area (Å²) in [6, 6.07) is -0.575. The van der Waals surface area contributed by atoms with Crippen LogP contribution < -0.4 is 10.6 Å². The number of nitrogens with one attached hydrogen (secondary N) is 2. The van der Waals surface area contributed by atoms with E-state index in [-0.39, 0.29) is 11.8 Å². The Kier molecular flexibility index (Phi) is 8.37. The van der Waals surface area contributed by atoms with Crippen molar-refractivity contribution in [2.45, 2.75) is 73.0 Å². The lowest BCUT2D eigenvalue weighted by Crippen LogP contribution is -2.51. The van der Waals surface area contributed by atoms with Crippen LogP contribution >= 0.6 is 0 Å². The van der Waals surface area contributed by atoms with E-state index >= 15 is 0 Å². The van der Waals surface area contributed by atoms with Crippen LogP contribution in [0.15, 0.2) is 0 Å². The van der Waals surface area contributed by atoms with E-state index < -0.39 is 17.7 Å². The summed E-state index contributed by atoms with van der Waals surface area (Å²) in [7, 11) is 0. The van der Waals surface area contributed by atoms with Crippen LogP contribution in [0.1, 0.15) is 61.3 Å². The zero-order valence-corrected chi connectivity index (χ0v) is 14.6. The van der Waals surface area contributed by atoms with E-state index in [1.165, 1.54) is 0 Å². The van der Waals surface area contributed by atoms with Gasteiger partial charge in [0.1, 0.15) is 11.6 Å². The largest absolute Gasteiger partial charge is 0.444 e. The highest BCUT2D eigenvalue weighted by Crippen LogP contribution is 2.10. The lowest BCUT2D eigenvalue weighted by Gasteiger charge is -2.25. The maximum atomic E-state index is 12.2. The predicted octanol–water partition coefficient (Wildman–Crippen LogP) is 3.09. The fourth-order valence-corrected chi connectivity index (χ4v) is 1.90. The Morgan fingerprint density at radius 1 is 1.10 bits per heavy atom. The molecule has 0 aromatic rings. The van der Waals surface area contributed by atoms with E-state index in [9.17, 15) is 9.59 Å². The smallest absolute Gasteiger partial charge is 0.408 e. The molecule has 2 N–H and O–H groups in total. The molecule has 0 spiro atoms. The average Bonchev–Trinajstić information content (AvgIpc) is 2.34. The quantitative estimate of drug-likeness (QED) is 0.759. The van der Waals surface area contributed by atoms with Gasteiger partial charge in [0.2, 0.25) is 5.91 Å². The molecule has 0 saturated heterocycles. The highest BCUT2D eigenvalue weighted by Gasteiger charge is 2.26. The molecule has 124 valence electrons. The van der Waals surface area contributed by atoms with Crippen LogP contribution in [0.25, 0.3) is 0 Å². The second kappa shape index (κ2) is 8.90. The van der Waals surface area contributed by atoms with Crippen molar-refractivity contribution in [1.82, 2.24) is 10.6 Å². The molecular weight excluding hydrogens is 268 g/mol. The molecule has 1 atom stereocenters. The van der Waals surface area contributed by atoms with Crippen LogP contribution in [0.4, 0.5) is 4.79 Å². The first-order valence-electron chi connectivity index (χ1n) is 7.87. The Balaban J connectivity index is 4.54. The average molecular weight is 300 g/mol. The summed E-state index contributed by atoms with van der Waals surface area (Å²) in [5, 5.41) is 5.58. The topological polar surface area (TPSA) is 67.4 Å². The van der Waals surface area contributed by atoms with Gasteiger partial charge in [0.25, 0.3) is 0 Å². The van der Waals surface area contributed by atoms with Crippen molar-refractivity contribution in [3.63, 3.8) is 0 Å².